The quantitative estimate of drug-likeness (QED) is 0.349. The van der Waals surface area contributed by atoms with Crippen molar-refractivity contribution in [2.75, 3.05) is 25.9 Å². The molecule has 0 spiro atoms. The van der Waals surface area contributed by atoms with E-state index in [2.05, 4.69) is 47.5 Å². The zero-order valence-electron chi connectivity index (χ0n) is 17.5. The van der Waals surface area contributed by atoms with E-state index in [4.69, 9.17) is 4.99 Å². The van der Waals surface area contributed by atoms with E-state index in [1.54, 1.807) is 12.1 Å². The van der Waals surface area contributed by atoms with Crippen LogP contribution < -0.4 is 5.32 Å². The van der Waals surface area contributed by atoms with E-state index in [1.165, 1.54) is 17.4 Å². The minimum atomic E-state index is -3.17. The van der Waals surface area contributed by atoms with Crippen molar-refractivity contribution in [3.63, 3.8) is 0 Å². The second kappa shape index (κ2) is 11.5. The SMILES string of the molecule is CCNC(=NCc1ccc(S(C)(=O)=O)cc1)N1CCC(=Cc2ccccc2)CC1.I. The van der Waals surface area contributed by atoms with Gasteiger partial charge in [-0.05, 0) is 43.0 Å². The number of nitrogens with zero attached hydrogens (tertiary/aromatic N) is 2. The Morgan fingerprint density at radius 3 is 2.27 bits per heavy atom. The van der Waals surface area contributed by atoms with E-state index in [-0.39, 0.29) is 24.0 Å². The predicted octanol–water partition coefficient (Wildman–Crippen LogP) is 4.35. The molecule has 30 heavy (non-hydrogen) atoms. The lowest BCUT2D eigenvalue weighted by Gasteiger charge is -2.31. The summed E-state index contributed by atoms with van der Waals surface area (Å²) in [4.78, 5) is 7.41. The number of guanidine groups is 1. The number of nitrogens with one attached hydrogen (secondary N) is 1. The van der Waals surface area contributed by atoms with Gasteiger partial charge in [0, 0.05) is 25.9 Å². The van der Waals surface area contributed by atoms with Crippen LogP contribution in [0.1, 0.15) is 30.9 Å². The maximum Gasteiger partial charge on any atom is 0.194 e. The van der Waals surface area contributed by atoms with Crippen LogP contribution >= 0.6 is 24.0 Å². The van der Waals surface area contributed by atoms with Crippen molar-refractivity contribution < 1.29 is 8.42 Å². The number of halogens is 1. The lowest BCUT2D eigenvalue weighted by Crippen LogP contribution is -2.44. The number of rotatable bonds is 5. The average molecular weight is 539 g/mol. The fourth-order valence-corrected chi connectivity index (χ4v) is 4.00. The second-order valence-corrected chi connectivity index (χ2v) is 9.30. The molecule has 0 amide bonds. The number of hydrogen-bond donors (Lipinski definition) is 1. The van der Waals surface area contributed by atoms with Crippen LogP contribution in [0.15, 0.2) is 70.1 Å². The Kier molecular flexibility index (Phi) is 9.36. The first-order valence-corrected chi connectivity index (χ1v) is 11.9. The van der Waals surface area contributed by atoms with Crippen molar-refractivity contribution in [3.05, 3.63) is 71.3 Å². The van der Waals surface area contributed by atoms with E-state index in [1.807, 2.05) is 18.2 Å². The molecular weight excluding hydrogens is 509 g/mol. The Morgan fingerprint density at radius 2 is 1.70 bits per heavy atom. The summed E-state index contributed by atoms with van der Waals surface area (Å²) in [7, 11) is -3.17. The summed E-state index contributed by atoms with van der Waals surface area (Å²) in [6.45, 7) is 5.29. The molecule has 0 saturated carbocycles. The monoisotopic (exact) mass is 539 g/mol. The highest BCUT2D eigenvalue weighted by atomic mass is 127. The maximum atomic E-state index is 11.6. The Morgan fingerprint density at radius 1 is 1.07 bits per heavy atom. The van der Waals surface area contributed by atoms with Gasteiger partial charge in [0.15, 0.2) is 15.8 Å². The van der Waals surface area contributed by atoms with Gasteiger partial charge in [0.2, 0.25) is 0 Å². The third kappa shape index (κ3) is 7.12. The highest BCUT2D eigenvalue weighted by Gasteiger charge is 2.17. The van der Waals surface area contributed by atoms with Crippen molar-refractivity contribution >= 4 is 45.8 Å². The van der Waals surface area contributed by atoms with Crippen LogP contribution in [0.5, 0.6) is 0 Å². The van der Waals surface area contributed by atoms with Crippen molar-refractivity contribution in [1.82, 2.24) is 10.2 Å². The molecule has 0 aliphatic carbocycles. The van der Waals surface area contributed by atoms with Gasteiger partial charge in [-0.3, -0.25) is 0 Å². The van der Waals surface area contributed by atoms with Crippen LogP contribution in [0.25, 0.3) is 6.08 Å². The molecule has 2 aromatic carbocycles. The molecule has 7 heteroatoms. The Hall–Kier alpha value is -1.87. The van der Waals surface area contributed by atoms with Gasteiger partial charge in [-0.25, -0.2) is 13.4 Å². The highest BCUT2D eigenvalue weighted by Crippen LogP contribution is 2.20. The van der Waals surface area contributed by atoms with Crippen molar-refractivity contribution in [3.8, 4) is 0 Å². The van der Waals surface area contributed by atoms with Crippen LogP contribution in [-0.4, -0.2) is 45.2 Å². The highest BCUT2D eigenvalue weighted by molar-refractivity contribution is 14.0. The predicted molar refractivity (Wildman–Crippen MR) is 135 cm³/mol. The fourth-order valence-electron chi connectivity index (χ4n) is 3.37. The minimum absolute atomic E-state index is 0. The Balaban J connectivity index is 0.00000320. The van der Waals surface area contributed by atoms with Gasteiger partial charge >= 0.3 is 0 Å². The molecule has 0 radical (unpaired) electrons. The van der Waals surface area contributed by atoms with Crippen LogP contribution in [-0.2, 0) is 16.4 Å². The molecule has 0 bridgehead atoms. The lowest BCUT2D eigenvalue weighted by molar-refractivity contribution is 0.375. The third-order valence-electron chi connectivity index (χ3n) is 4.97. The molecule has 1 fully saturated rings. The number of aliphatic imine (C=N–C) groups is 1. The van der Waals surface area contributed by atoms with Crippen LogP contribution in [0, 0.1) is 0 Å². The van der Waals surface area contributed by atoms with E-state index < -0.39 is 9.84 Å². The summed E-state index contributed by atoms with van der Waals surface area (Å²) in [5, 5.41) is 3.38. The smallest absolute Gasteiger partial charge is 0.194 e. The van der Waals surface area contributed by atoms with Gasteiger partial charge in [0.05, 0.1) is 11.4 Å². The summed E-state index contributed by atoms with van der Waals surface area (Å²) in [6.07, 6.45) is 5.58. The van der Waals surface area contributed by atoms with Gasteiger partial charge in [-0.1, -0.05) is 54.1 Å². The zero-order chi connectivity index (χ0) is 20.7. The van der Waals surface area contributed by atoms with E-state index in [9.17, 15) is 8.42 Å². The number of hydrogen-bond acceptors (Lipinski definition) is 3. The summed E-state index contributed by atoms with van der Waals surface area (Å²) in [5.41, 5.74) is 3.73. The van der Waals surface area contributed by atoms with Gasteiger partial charge in [0.1, 0.15) is 0 Å². The summed E-state index contributed by atoms with van der Waals surface area (Å²) in [6, 6.07) is 17.4. The molecule has 1 heterocycles. The number of piperidine rings is 1. The lowest BCUT2D eigenvalue weighted by atomic mass is 10.0. The number of sulfone groups is 1. The van der Waals surface area contributed by atoms with Crippen molar-refractivity contribution in [1.29, 1.82) is 0 Å². The fraction of sp³-hybridized carbons (Fsp3) is 0.348. The molecule has 0 unspecified atom stereocenters. The summed E-state index contributed by atoms with van der Waals surface area (Å²) in [5.74, 6) is 0.915. The summed E-state index contributed by atoms with van der Waals surface area (Å²) < 4.78 is 23.2. The molecule has 5 nitrogen and oxygen atoms in total. The topological polar surface area (TPSA) is 61.8 Å². The molecule has 162 valence electrons. The average Bonchev–Trinajstić information content (AvgIpc) is 2.72. The van der Waals surface area contributed by atoms with Gasteiger partial charge in [-0.15, -0.1) is 24.0 Å². The van der Waals surface area contributed by atoms with Crippen LogP contribution in [0.2, 0.25) is 0 Å². The number of benzene rings is 2. The normalized spacial score (nSPS) is 14.8. The largest absolute Gasteiger partial charge is 0.357 e. The Labute approximate surface area is 197 Å². The molecule has 1 saturated heterocycles. The second-order valence-electron chi connectivity index (χ2n) is 7.29. The first kappa shape index (κ1) is 24.4. The zero-order valence-corrected chi connectivity index (χ0v) is 20.7. The standard InChI is InChI=1S/C23H29N3O2S.HI/c1-3-24-23(25-18-21-9-11-22(12-10-21)29(2,27)28)26-15-13-20(14-16-26)17-19-7-5-4-6-8-19;/h4-12,17H,3,13-16,18H2,1-2H3,(H,24,25);1H. The van der Waals surface area contributed by atoms with E-state index in [0.29, 0.717) is 11.4 Å². The van der Waals surface area contributed by atoms with Crippen molar-refractivity contribution in [2.45, 2.75) is 31.2 Å². The Bertz CT molecular complexity index is 961. The van der Waals surface area contributed by atoms with Gasteiger partial charge < -0.3 is 10.2 Å². The molecule has 1 aliphatic heterocycles. The maximum absolute atomic E-state index is 11.6. The van der Waals surface area contributed by atoms with E-state index in [0.717, 1.165) is 44.0 Å². The molecule has 0 aromatic heterocycles. The van der Waals surface area contributed by atoms with Crippen LogP contribution in [0.4, 0.5) is 0 Å². The van der Waals surface area contributed by atoms with Gasteiger partial charge in [0.25, 0.3) is 0 Å². The van der Waals surface area contributed by atoms with Crippen LogP contribution in [0.3, 0.4) is 0 Å². The molecule has 1 N–H and O–H groups in total. The molecule has 1 aliphatic rings. The molecule has 0 atom stereocenters. The van der Waals surface area contributed by atoms with Crippen molar-refractivity contribution in [2.24, 2.45) is 4.99 Å². The first-order chi connectivity index (χ1) is 14.0. The number of likely N-dealkylation sites (tertiary alicyclic amines) is 1. The molecular formula is C23H30IN3O2S. The molecule has 2 aromatic rings. The van der Waals surface area contributed by atoms with Gasteiger partial charge in [-0.2, -0.15) is 0 Å². The summed E-state index contributed by atoms with van der Waals surface area (Å²) >= 11 is 0. The third-order valence-corrected chi connectivity index (χ3v) is 6.10. The first-order valence-electron chi connectivity index (χ1n) is 10.0. The molecule has 3 rings (SSSR count). The van der Waals surface area contributed by atoms with E-state index >= 15 is 0 Å². The minimum Gasteiger partial charge on any atom is -0.357 e.